The van der Waals surface area contributed by atoms with E-state index in [1.165, 1.54) is 12.1 Å². The number of fused-ring (bicyclic) bond motifs is 1. The van der Waals surface area contributed by atoms with Crippen LogP contribution in [0, 0.1) is 0 Å². The van der Waals surface area contributed by atoms with Crippen LogP contribution in [0.5, 0.6) is 0 Å². The molecule has 0 amide bonds. The number of halogens is 3. The van der Waals surface area contributed by atoms with Crippen LogP contribution in [0.15, 0.2) is 18.2 Å². The topological polar surface area (TPSA) is 0 Å². The molecular formula is C12H13F3. The molecule has 3 heteroatoms. The summed E-state index contributed by atoms with van der Waals surface area (Å²) in [7, 11) is 0. The third-order valence-electron chi connectivity index (χ3n) is 3.17. The molecule has 0 radical (unpaired) electrons. The van der Waals surface area contributed by atoms with Crippen molar-refractivity contribution in [1.29, 1.82) is 0 Å². The molecule has 15 heavy (non-hydrogen) atoms. The summed E-state index contributed by atoms with van der Waals surface area (Å²) in [5, 5.41) is 0. The zero-order valence-corrected chi connectivity index (χ0v) is 8.56. The van der Waals surface area contributed by atoms with Crippen molar-refractivity contribution in [1.82, 2.24) is 0 Å². The van der Waals surface area contributed by atoms with Gasteiger partial charge in [0.25, 0.3) is 0 Å². The van der Waals surface area contributed by atoms with E-state index in [2.05, 4.69) is 0 Å². The molecule has 0 bridgehead atoms. The van der Waals surface area contributed by atoms with Gasteiger partial charge in [0.1, 0.15) is 0 Å². The average molecular weight is 214 g/mol. The van der Waals surface area contributed by atoms with Crippen LogP contribution in [0.3, 0.4) is 0 Å². The first kappa shape index (κ1) is 10.5. The fourth-order valence-electron chi connectivity index (χ4n) is 2.29. The fourth-order valence-corrected chi connectivity index (χ4v) is 2.29. The van der Waals surface area contributed by atoms with Crippen molar-refractivity contribution in [2.24, 2.45) is 0 Å². The van der Waals surface area contributed by atoms with Gasteiger partial charge in [-0.2, -0.15) is 13.2 Å². The number of alkyl halides is 3. The summed E-state index contributed by atoms with van der Waals surface area (Å²) in [5.41, 5.74) is 1.49. The number of aryl methyl sites for hydroxylation is 1. The summed E-state index contributed by atoms with van der Waals surface area (Å²) in [6, 6.07) is 4.15. The average Bonchev–Trinajstić information content (AvgIpc) is 2.57. The number of hydrogen-bond acceptors (Lipinski definition) is 0. The normalized spacial score (nSPS) is 20.4. The Morgan fingerprint density at radius 1 is 1.33 bits per heavy atom. The Hall–Kier alpha value is -0.990. The molecule has 0 aliphatic heterocycles. The van der Waals surface area contributed by atoms with E-state index in [4.69, 9.17) is 0 Å². The van der Waals surface area contributed by atoms with Gasteiger partial charge in [0.2, 0.25) is 0 Å². The predicted molar refractivity (Wildman–Crippen MR) is 52.8 cm³/mol. The number of benzene rings is 1. The van der Waals surface area contributed by atoms with E-state index in [0.717, 1.165) is 30.4 Å². The molecule has 0 saturated carbocycles. The van der Waals surface area contributed by atoms with Gasteiger partial charge in [-0.3, -0.25) is 0 Å². The molecule has 0 N–H and O–H groups in total. The summed E-state index contributed by atoms with van der Waals surface area (Å²) in [6.45, 7) is 2.03. The Morgan fingerprint density at radius 2 is 2.07 bits per heavy atom. The van der Waals surface area contributed by atoms with Gasteiger partial charge in [0, 0.05) is 0 Å². The second-order valence-electron chi connectivity index (χ2n) is 4.06. The summed E-state index contributed by atoms with van der Waals surface area (Å²) in [4.78, 5) is 0. The van der Waals surface area contributed by atoms with Gasteiger partial charge in [-0.05, 0) is 48.4 Å². The fraction of sp³-hybridized carbons (Fsp3) is 0.500. The van der Waals surface area contributed by atoms with Crippen LogP contribution in [0.25, 0.3) is 0 Å². The van der Waals surface area contributed by atoms with Crippen LogP contribution in [-0.2, 0) is 12.6 Å². The molecule has 0 heterocycles. The van der Waals surface area contributed by atoms with Gasteiger partial charge in [0.05, 0.1) is 5.56 Å². The standard InChI is InChI=1S/C12H13F3/c1-2-8-3-4-9-5-6-10(7-11(8)9)12(13,14)15/h5-8H,2-4H2,1H3. The number of hydrogen-bond donors (Lipinski definition) is 0. The van der Waals surface area contributed by atoms with E-state index in [1.54, 1.807) is 6.07 Å². The largest absolute Gasteiger partial charge is 0.416 e. The molecule has 0 saturated heterocycles. The summed E-state index contributed by atoms with van der Waals surface area (Å²) in [5.74, 6) is 0.322. The molecule has 0 fully saturated rings. The Balaban J connectivity index is 2.41. The maximum atomic E-state index is 12.5. The highest BCUT2D eigenvalue weighted by Crippen LogP contribution is 2.39. The molecule has 2 rings (SSSR count). The molecule has 1 aliphatic carbocycles. The molecule has 1 aliphatic rings. The summed E-state index contributed by atoms with van der Waals surface area (Å²) < 4.78 is 37.5. The van der Waals surface area contributed by atoms with Crippen molar-refractivity contribution in [2.45, 2.75) is 38.3 Å². The van der Waals surface area contributed by atoms with Crippen LogP contribution in [0.2, 0.25) is 0 Å². The van der Waals surface area contributed by atoms with E-state index in [0.29, 0.717) is 5.92 Å². The first-order valence-electron chi connectivity index (χ1n) is 5.22. The summed E-state index contributed by atoms with van der Waals surface area (Å²) in [6.07, 6.45) is -1.37. The SMILES string of the molecule is CCC1CCc2ccc(C(F)(F)F)cc21. The lowest BCUT2D eigenvalue weighted by Gasteiger charge is -2.12. The lowest BCUT2D eigenvalue weighted by Crippen LogP contribution is -2.06. The van der Waals surface area contributed by atoms with Gasteiger partial charge < -0.3 is 0 Å². The van der Waals surface area contributed by atoms with Crippen molar-refractivity contribution in [3.63, 3.8) is 0 Å². The molecular weight excluding hydrogens is 201 g/mol. The molecule has 0 aromatic heterocycles. The first-order chi connectivity index (χ1) is 7.02. The third kappa shape index (κ3) is 1.87. The molecule has 1 aromatic carbocycles. The monoisotopic (exact) mass is 214 g/mol. The van der Waals surface area contributed by atoms with Crippen LogP contribution in [-0.4, -0.2) is 0 Å². The van der Waals surface area contributed by atoms with Gasteiger partial charge in [-0.1, -0.05) is 13.0 Å². The Labute approximate surface area is 87.1 Å². The highest BCUT2D eigenvalue weighted by molar-refractivity contribution is 5.39. The highest BCUT2D eigenvalue weighted by atomic mass is 19.4. The Kier molecular flexibility index (Phi) is 2.49. The van der Waals surface area contributed by atoms with E-state index in [1.807, 2.05) is 6.92 Å². The van der Waals surface area contributed by atoms with Crippen LogP contribution < -0.4 is 0 Å². The van der Waals surface area contributed by atoms with Gasteiger partial charge in [0.15, 0.2) is 0 Å². The molecule has 1 atom stereocenters. The van der Waals surface area contributed by atoms with E-state index in [9.17, 15) is 13.2 Å². The van der Waals surface area contributed by atoms with Crippen LogP contribution >= 0.6 is 0 Å². The van der Waals surface area contributed by atoms with Crippen molar-refractivity contribution in [3.8, 4) is 0 Å². The third-order valence-corrected chi connectivity index (χ3v) is 3.17. The minimum absolute atomic E-state index is 0.322. The second-order valence-corrected chi connectivity index (χ2v) is 4.06. The maximum Gasteiger partial charge on any atom is 0.416 e. The summed E-state index contributed by atoms with van der Waals surface area (Å²) >= 11 is 0. The minimum atomic E-state index is -4.21. The second kappa shape index (κ2) is 3.54. The highest BCUT2D eigenvalue weighted by Gasteiger charge is 2.32. The number of rotatable bonds is 1. The lowest BCUT2D eigenvalue weighted by molar-refractivity contribution is -0.137. The predicted octanol–water partition coefficient (Wildman–Crippen LogP) is 4.15. The smallest absolute Gasteiger partial charge is 0.166 e. The van der Waals surface area contributed by atoms with Crippen LogP contribution in [0.1, 0.15) is 42.4 Å². The van der Waals surface area contributed by atoms with Gasteiger partial charge >= 0.3 is 6.18 Å². The molecule has 82 valence electrons. The quantitative estimate of drug-likeness (QED) is 0.659. The van der Waals surface area contributed by atoms with Crippen molar-refractivity contribution >= 4 is 0 Å². The van der Waals surface area contributed by atoms with Gasteiger partial charge in [-0.15, -0.1) is 0 Å². The molecule has 1 aromatic rings. The zero-order valence-electron chi connectivity index (χ0n) is 8.56. The van der Waals surface area contributed by atoms with E-state index >= 15 is 0 Å². The molecule has 0 spiro atoms. The Morgan fingerprint density at radius 3 is 2.67 bits per heavy atom. The zero-order chi connectivity index (χ0) is 11.1. The van der Waals surface area contributed by atoms with Gasteiger partial charge in [-0.25, -0.2) is 0 Å². The maximum absolute atomic E-state index is 12.5. The van der Waals surface area contributed by atoms with Crippen molar-refractivity contribution in [2.75, 3.05) is 0 Å². The van der Waals surface area contributed by atoms with Crippen molar-refractivity contribution in [3.05, 3.63) is 34.9 Å². The van der Waals surface area contributed by atoms with E-state index < -0.39 is 11.7 Å². The van der Waals surface area contributed by atoms with Crippen molar-refractivity contribution < 1.29 is 13.2 Å². The minimum Gasteiger partial charge on any atom is -0.166 e. The van der Waals surface area contributed by atoms with Crippen LogP contribution in [0.4, 0.5) is 13.2 Å². The molecule has 1 unspecified atom stereocenters. The first-order valence-corrected chi connectivity index (χ1v) is 5.22. The Bertz CT molecular complexity index is 366. The van der Waals surface area contributed by atoms with E-state index in [-0.39, 0.29) is 0 Å². The molecule has 0 nitrogen and oxygen atoms in total. The lowest BCUT2D eigenvalue weighted by atomic mass is 9.97.